The highest BCUT2D eigenvalue weighted by atomic mass is 32.2. The average molecular weight is 193 g/mol. The van der Waals surface area contributed by atoms with Crippen LogP contribution in [-0.2, 0) is 9.84 Å². The summed E-state index contributed by atoms with van der Waals surface area (Å²) < 4.78 is 22.2. The van der Waals surface area contributed by atoms with Crippen LogP contribution in [0.1, 0.15) is 6.92 Å². The van der Waals surface area contributed by atoms with Crippen LogP contribution in [0.3, 0.4) is 0 Å². The minimum atomic E-state index is -2.81. The monoisotopic (exact) mass is 193 g/mol. The van der Waals surface area contributed by atoms with Crippen molar-refractivity contribution in [2.75, 3.05) is 31.2 Å². The topological polar surface area (TPSA) is 57.6 Å². The van der Waals surface area contributed by atoms with Crippen LogP contribution < -0.4 is 0 Å². The Morgan fingerprint density at radius 1 is 1.58 bits per heavy atom. The summed E-state index contributed by atoms with van der Waals surface area (Å²) in [5.74, 6) is 0.463. The van der Waals surface area contributed by atoms with Crippen molar-refractivity contribution in [3.63, 3.8) is 0 Å². The zero-order valence-corrected chi connectivity index (χ0v) is 8.05. The van der Waals surface area contributed by atoms with Gasteiger partial charge in [0.2, 0.25) is 0 Å². The van der Waals surface area contributed by atoms with Crippen molar-refractivity contribution in [1.82, 2.24) is 4.90 Å². The van der Waals surface area contributed by atoms with Gasteiger partial charge in [-0.25, -0.2) is 8.42 Å². The van der Waals surface area contributed by atoms with Gasteiger partial charge in [-0.3, -0.25) is 4.90 Å². The average Bonchev–Trinajstić information content (AvgIpc) is 1.94. The second-order valence-electron chi connectivity index (χ2n) is 3.22. The Bertz CT molecular complexity index is 237. The molecule has 1 aliphatic rings. The van der Waals surface area contributed by atoms with E-state index in [0.29, 0.717) is 13.1 Å². The molecule has 5 heteroatoms. The van der Waals surface area contributed by atoms with E-state index in [4.69, 9.17) is 5.11 Å². The van der Waals surface area contributed by atoms with Crippen LogP contribution in [0.15, 0.2) is 0 Å². The maximum atomic E-state index is 11.1. The molecule has 1 saturated heterocycles. The Morgan fingerprint density at radius 2 is 2.25 bits per heavy atom. The van der Waals surface area contributed by atoms with E-state index in [1.807, 2.05) is 11.8 Å². The molecule has 0 amide bonds. The summed E-state index contributed by atoms with van der Waals surface area (Å²) in [6.45, 7) is 3.12. The van der Waals surface area contributed by atoms with Crippen molar-refractivity contribution in [2.24, 2.45) is 0 Å². The third-order valence-corrected chi connectivity index (χ3v) is 3.99. The number of aliphatic hydroxyl groups is 1. The molecule has 0 aromatic carbocycles. The van der Waals surface area contributed by atoms with E-state index >= 15 is 0 Å². The molecule has 1 atom stereocenters. The number of sulfone groups is 1. The fourth-order valence-corrected chi connectivity index (χ4v) is 3.12. The van der Waals surface area contributed by atoms with E-state index in [0.717, 1.165) is 0 Å². The van der Waals surface area contributed by atoms with E-state index in [1.54, 1.807) is 0 Å². The summed E-state index contributed by atoms with van der Waals surface area (Å²) in [7, 11) is -2.81. The molecule has 0 aromatic rings. The predicted molar refractivity (Wildman–Crippen MR) is 46.8 cm³/mol. The smallest absolute Gasteiger partial charge is 0.153 e. The molecule has 1 heterocycles. The second kappa shape index (κ2) is 3.72. The molecule has 72 valence electrons. The summed E-state index contributed by atoms with van der Waals surface area (Å²) >= 11 is 0. The Labute approximate surface area is 73.1 Å². The highest BCUT2D eigenvalue weighted by Gasteiger charge is 2.27. The van der Waals surface area contributed by atoms with Gasteiger partial charge in [0.05, 0.1) is 18.1 Å². The van der Waals surface area contributed by atoms with Gasteiger partial charge in [0.1, 0.15) is 0 Å². The van der Waals surface area contributed by atoms with Crippen molar-refractivity contribution in [3.05, 3.63) is 0 Å². The van der Waals surface area contributed by atoms with Crippen molar-refractivity contribution in [1.29, 1.82) is 0 Å². The zero-order valence-electron chi connectivity index (χ0n) is 7.23. The molecular formula is C7H15NO3S. The van der Waals surface area contributed by atoms with Crippen LogP contribution in [0.2, 0.25) is 0 Å². The van der Waals surface area contributed by atoms with Crippen LogP contribution in [-0.4, -0.2) is 55.7 Å². The first-order valence-corrected chi connectivity index (χ1v) is 5.92. The van der Waals surface area contributed by atoms with Crippen molar-refractivity contribution in [3.8, 4) is 0 Å². The summed E-state index contributed by atoms with van der Waals surface area (Å²) in [4.78, 5) is 2.00. The number of hydrogen-bond donors (Lipinski definition) is 1. The standard InChI is InChI=1S/C7H15NO3S/c1-7-6-12(10,11)5-3-8(7)2-4-9/h7,9H,2-6H2,1H3. The van der Waals surface area contributed by atoms with Crippen molar-refractivity contribution < 1.29 is 13.5 Å². The Morgan fingerprint density at radius 3 is 2.75 bits per heavy atom. The molecule has 12 heavy (non-hydrogen) atoms. The first-order valence-electron chi connectivity index (χ1n) is 4.10. The minimum absolute atomic E-state index is 0.0518. The molecule has 0 aliphatic carbocycles. The van der Waals surface area contributed by atoms with Crippen LogP contribution in [0.4, 0.5) is 0 Å². The van der Waals surface area contributed by atoms with Gasteiger partial charge in [-0.1, -0.05) is 0 Å². The van der Waals surface area contributed by atoms with E-state index in [-0.39, 0.29) is 24.2 Å². The first-order chi connectivity index (χ1) is 5.55. The fraction of sp³-hybridized carbons (Fsp3) is 1.00. The molecule has 0 radical (unpaired) electrons. The molecule has 0 bridgehead atoms. The summed E-state index contributed by atoms with van der Waals surface area (Å²) in [5.41, 5.74) is 0. The largest absolute Gasteiger partial charge is 0.395 e. The molecule has 1 aliphatic heterocycles. The lowest BCUT2D eigenvalue weighted by Gasteiger charge is -2.32. The maximum Gasteiger partial charge on any atom is 0.153 e. The van der Waals surface area contributed by atoms with E-state index in [1.165, 1.54) is 0 Å². The van der Waals surface area contributed by atoms with Gasteiger partial charge in [-0.05, 0) is 6.92 Å². The van der Waals surface area contributed by atoms with Crippen LogP contribution in [0.25, 0.3) is 0 Å². The third-order valence-electron chi connectivity index (χ3n) is 2.20. The van der Waals surface area contributed by atoms with E-state index in [9.17, 15) is 8.42 Å². The molecule has 0 aromatic heterocycles. The molecule has 0 saturated carbocycles. The number of rotatable bonds is 2. The number of aliphatic hydroxyl groups excluding tert-OH is 1. The van der Waals surface area contributed by atoms with Gasteiger partial charge in [-0.2, -0.15) is 0 Å². The molecular weight excluding hydrogens is 178 g/mol. The summed E-state index contributed by atoms with van der Waals surface area (Å²) in [6.07, 6.45) is 0. The Hall–Kier alpha value is -0.130. The Balaban J connectivity index is 2.54. The lowest BCUT2D eigenvalue weighted by Crippen LogP contribution is -2.47. The van der Waals surface area contributed by atoms with Crippen molar-refractivity contribution >= 4 is 9.84 Å². The van der Waals surface area contributed by atoms with Crippen LogP contribution >= 0.6 is 0 Å². The predicted octanol–water partition coefficient (Wildman–Crippen LogP) is -0.902. The maximum absolute atomic E-state index is 11.1. The van der Waals surface area contributed by atoms with Gasteiger partial charge in [0, 0.05) is 19.1 Å². The number of nitrogens with zero attached hydrogens (tertiary/aromatic N) is 1. The van der Waals surface area contributed by atoms with Gasteiger partial charge < -0.3 is 5.11 Å². The highest BCUT2D eigenvalue weighted by molar-refractivity contribution is 7.91. The number of hydrogen-bond acceptors (Lipinski definition) is 4. The highest BCUT2D eigenvalue weighted by Crippen LogP contribution is 2.10. The van der Waals surface area contributed by atoms with Gasteiger partial charge in [-0.15, -0.1) is 0 Å². The lowest BCUT2D eigenvalue weighted by molar-refractivity contribution is 0.169. The molecule has 1 fully saturated rings. The lowest BCUT2D eigenvalue weighted by atomic mass is 10.3. The third kappa shape index (κ3) is 2.43. The molecule has 0 spiro atoms. The fourth-order valence-electron chi connectivity index (χ4n) is 1.49. The van der Waals surface area contributed by atoms with Crippen LogP contribution in [0.5, 0.6) is 0 Å². The first kappa shape index (κ1) is 9.95. The van der Waals surface area contributed by atoms with Gasteiger partial charge in [0.15, 0.2) is 9.84 Å². The Kier molecular flexibility index (Phi) is 3.09. The normalized spacial score (nSPS) is 30.3. The van der Waals surface area contributed by atoms with Crippen LogP contribution in [0, 0.1) is 0 Å². The molecule has 4 nitrogen and oxygen atoms in total. The molecule has 1 rings (SSSR count). The van der Waals surface area contributed by atoms with Gasteiger partial charge >= 0.3 is 0 Å². The second-order valence-corrected chi connectivity index (χ2v) is 5.45. The SMILES string of the molecule is CC1CS(=O)(=O)CCN1CCO. The quantitative estimate of drug-likeness (QED) is 0.617. The summed E-state index contributed by atoms with van der Waals surface area (Å²) in [6, 6.07) is 0.0518. The van der Waals surface area contributed by atoms with E-state index in [2.05, 4.69) is 0 Å². The minimum Gasteiger partial charge on any atom is -0.395 e. The zero-order chi connectivity index (χ0) is 9.19. The van der Waals surface area contributed by atoms with Crippen molar-refractivity contribution in [2.45, 2.75) is 13.0 Å². The molecule has 1 N–H and O–H groups in total. The number of β-amino-alcohol motifs (C(OH)–C–C–N with tert-alkyl or cyclic N) is 1. The summed E-state index contributed by atoms with van der Waals surface area (Å²) in [5, 5.41) is 8.68. The molecule has 1 unspecified atom stereocenters. The van der Waals surface area contributed by atoms with E-state index < -0.39 is 9.84 Å². The van der Waals surface area contributed by atoms with Gasteiger partial charge in [0.25, 0.3) is 0 Å².